The van der Waals surface area contributed by atoms with Gasteiger partial charge in [-0.3, -0.25) is 9.59 Å². The summed E-state index contributed by atoms with van der Waals surface area (Å²) < 4.78 is 26.4. The van der Waals surface area contributed by atoms with E-state index in [9.17, 15) is 18.0 Å². The minimum Gasteiger partial charge on any atom is -0.354 e. The number of carbonyl (C=O) groups excluding carboxylic acids is 1. The van der Waals surface area contributed by atoms with Gasteiger partial charge in [-0.1, -0.05) is 30.3 Å². The average Bonchev–Trinajstić information content (AvgIpc) is 2.57. The zero-order chi connectivity index (χ0) is 18.4. The van der Waals surface area contributed by atoms with Gasteiger partial charge in [0.15, 0.2) is 0 Å². The third-order valence-electron chi connectivity index (χ3n) is 3.63. The Morgan fingerprint density at radius 3 is 2.44 bits per heavy atom. The number of pyridine rings is 1. The molecule has 1 N–H and O–H groups in total. The summed E-state index contributed by atoms with van der Waals surface area (Å²) in [5, 5.41) is 2.73. The molecule has 0 saturated carbocycles. The van der Waals surface area contributed by atoms with E-state index in [0.29, 0.717) is 13.0 Å². The molecule has 8 heteroatoms. The quantitative estimate of drug-likeness (QED) is 0.774. The second-order valence-electron chi connectivity index (χ2n) is 5.70. The number of amides is 1. The van der Waals surface area contributed by atoms with Crippen molar-refractivity contribution in [3.63, 3.8) is 0 Å². The van der Waals surface area contributed by atoms with Crippen LogP contribution in [-0.4, -0.2) is 43.8 Å². The topological polar surface area (TPSA) is 88.5 Å². The fraction of sp³-hybridized carbons (Fsp3) is 0.294. The molecule has 1 aromatic heterocycles. The highest BCUT2D eigenvalue weighted by Gasteiger charge is 2.18. The molecule has 2 rings (SSSR count). The monoisotopic (exact) mass is 363 g/mol. The number of hydrogen-bond acceptors (Lipinski definition) is 4. The molecular weight excluding hydrogens is 342 g/mol. The van der Waals surface area contributed by atoms with E-state index < -0.39 is 15.6 Å². The molecule has 0 bridgehead atoms. The van der Waals surface area contributed by atoms with Crippen LogP contribution in [0.5, 0.6) is 0 Å². The molecule has 0 atom stereocenters. The van der Waals surface area contributed by atoms with Gasteiger partial charge in [0, 0.05) is 32.9 Å². The van der Waals surface area contributed by atoms with Gasteiger partial charge >= 0.3 is 0 Å². The van der Waals surface area contributed by atoms with Crippen LogP contribution in [0.25, 0.3) is 0 Å². The molecule has 2 aromatic rings. The van der Waals surface area contributed by atoms with Crippen LogP contribution >= 0.6 is 0 Å². The predicted molar refractivity (Wildman–Crippen MR) is 94.7 cm³/mol. The first-order chi connectivity index (χ1) is 11.8. The first-order valence-corrected chi connectivity index (χ1v) is 9.18. The Balaban J connectivity index is 2.02. The van der Waals surface area contributed by atoms with Crippen molar-refractivity contribution in [1.82, 2.24) is 14.2 Å². The van der Waals surface area contributed by atoms with E-state index in [-0.39, 0.29) is 17.3 Å². The van der Waals surface area contributed by atoms with Crippen molar-refractivity contribution in [2.24, 2.45) is 0 Å². The number of nitrogens with zero attached hydrogens (tertiary/aromatic N) is 2. The van der Waals surface area contributed by atoms with Gasteiger partial charge < -0.3 is 9.88 Å². The van der Waals surface area contributed by atoms with Crippen molar-refractivity contribution < 1.29 is 13.2 Å². The lowest BCUT2D eigenvalue weighted by Gasteiger charge is -2.13. The second kappa shape index (κ2) is 8.09. The Labute approximate surface area is 147 Å². The molecule has 0 fully saturated rings. The van der Waals surface area contributed by atoms with Crippen molar-refractivity contribution in [3.05, 3.63) is 64.6 Å². The molecule has 1 heterocycles. The van der Waals surface area contributed by atoms with Gasteiger partial charge in [0.05, 0.1) is 4.90 Å². The van der Waals surface area contributed by atoms with E-state index in [1.807, 2.05) is 30.3 Å². The summed E-state index contributed by atoms with van der Waals surface area (Å²) in [5.41, 5.74) is 0.662. The number of benzene rings is 1. The maximum atomic E-state index is 12.1. The number of sulfonamides is 1. The van der Waals surface area contributed by atoms with Gasteiger partial charge in [0.25, 0.3) is 5.56 Å². The fourth-order valence-electron chi connectivity index (χ4n) is 2.20. The van der Waals surface area contributed by atoms with Gasteiger partial charge in [-0.15, -0.1) is 0 Å². The molecule has 134 valence electrons. The molecule has 0 aliphatic rings. The van der Waals surface area contributed by atoms with Crippen LogP contribution in [0.3, 0.4) is 0 Å². The summed E-state index contributed by atoms with van der Waals surface area (Å²) >= 11 is 0. The van der Waals surface area contributed by atoms with Crippen molar-refractivity contribution in [3.8, 4) is 0 Å². The van der Waals surface area contributed by atoms with Gasteiger partial charge in [0.2, 0.25) is 15.9 Å². The van der Waals surface area contributed by atoms with Crippen LogP contribution in [0.15, 0.2) is 58.4 Å². The van der Waals surface area contributed by atoms with Crippen LogP contribution in [0, 0.1) is 0 Å². The summed E-state index contributed by atoms with van der Waals surface area (Å²) in [6.45, 7) is 0.206. The third kappa shape index (κ3) is 5.01. The van der Waals surface area contributed by atoms with Gasteiger partial charge in [0.1, 0.15) is 6.54 Å². The van der Waals surface area contributed by atoms with E-state index in [4.69, 9.17) is 0 Å². The van der Waals surface area contributed by atoms with Crippen LogP contribution in [-0.2, 0) is 27.8 Å². The van der Waals surface area contributed by atoms with Gasteiger partial charge in [-0.25, -0.2) is 12.7 Å². The number of rotatable bonds is 7. The first kappa shape index (κ1) is 18.9. The number of hydrogen-bond donors (Lipinski definition) is 1. The number of carbonyl (C=O) groups is 1. The summed E-state index contributed by atoms with van der Waals surface area (Å²) in [7, 11) is -0.855. The highest BCUT2D eigenvalue weighted by Crippen LogP contribution is 2.10. The van der Waals surface area contributed by atoms with E-state index in [1.54, 1.807) is 0 Å². The molecule has 0 spiro atoms. The molecule has 0 aliphatic heterocycles. The zero-order valence-electron chi connectivity index (χ0n) is 14.2. The van der Waals surface area contributed by atoms with Crippen LogP contribution in [0.2, 0.25) is 0 Å². The van der Waals surface area contributed by atoms with Crippen LogP contribution in [0.4, 0.5) is 0 Å². The Hall–Kier alpha value is -2.45. The Morgan fingerprint density at radius 1 is 1.12 bits per heavy atom. The standard InChI is InChI=1S/C17H21N3O4S/c1-19(2)25(23,24)15-8-9-17(22)20(12-15)13-16(21)18-11-10-14-6-4-3-5-7-14/h3-9,12H,10-11,13H2,1-2H3,(H,18,21). The Kier molecular flexibility index (Phi) is 6.11. The molecular formula is C17H21N3O4S. The largest absolute Gasteiger partial charge is 0.354 e. The highest BCUT2D eigenvalue weighted by atomic mass is 32.2. The molecule has 0 saturated heterocycles. The van der Waals surface area contributed by atoms with Gasteiger partial charge in [-0.2, -0.15) is 0 Å². The third-order valence-corrected chi connectivity index (χ3v) is 5.43. The summed E-state index contributed by atoms with van der Waals surface area (Å²) in [4.78, 5) is 23.9. The minimum atomic E-state index is -3.66. The van der Waals surface area contributed by atoms with E-state index in [1.165, 1.54) is 26.4 Å². The molecule has 1 amide bonds. The highest BCUT2D eigenvalue weighted by molar-refractivity contribution is 7.89. The molecule has 0 unspecified atom stereocenters. The lowest BCUT2D eigenvalue weighted by molar-refractivity contribution is -0.121. The lowest BCUT2D eigenvalue weighted by atomic mass is 10.1. The van der Waals surface area contributed by atoms with E-state index in [0.717, 1.165) is 20.5 Å². The smallest absolute Gasteiger partial charge is 0.251 e. The first-order valence-electron chi connectivity index (χ1n) is 7.74. The summed E-state index contributed by atoms with van der Waals surface area (Å²) in [5.74, 6) is -0.350. The SMILES string of the molecule is CN(C)S(=O)(=O)c1ccc(=O)n(CC(=O)NCCc2ccccc2)c1. The molecule has 0 aliphatic carbocycles. The summed E-state index contributed by atoms with van der Waals surface area (Å²) in [6, 6.07) is 12.1. The van der Waals surface area contributed by atoms with Gasteiger partial charge in [-0.05, 0) is 18.1 Å². The molecule has 1 aromatic carbocycles. The second-order valence-corrected chi connectivity index (χ2v) is 7.86. The number of nitrogens with one attached hydrogen (secondary N) is 1. The average molecular weight is 363 g/mol. The summed E-state index contributed by atoms with van der Waals surface area (Å²) in [6.07, 6.45) is 1.87. The Bertz CT molecular complexity index is 890. The molecule has 0 radical (unpaired) electrons. The normalized spacial score (nSPS) is 11.5. The van der Waals surface area contributed by atoms with Crippen LogP contribution in [0.1, 0.15) is 5.56 Å². The van der Waals surface area contributed by atoms with Crippen molar-refractivity contribution >= 4 is 15.9 Å². The molecule has 25 heavy (non-hydrogen) atoms. The predicted octanol–water partition coefficient (Wildman–Crippen LogP) is 0.458. The Morgan fingerprint density at radius 2 is 1.80 bits per heavy atom. The van der Waals surface area contributed by atoms with Crippen molar-refractivity contribution in [2.75, 3.05) is 20.6 Å². The fourth-order valence-corrected chi connectivity index (χ4v) is 3.12. The van der Waals surface area contributed by atoms with Crippen LogP contribution < -0.4 is 10.9 Å². The molecule has 7 nitrogen and oxygen atoms in total. The maximum absolute atomic E-state index is 12.1. The number of aromatic nitrogens is 1. The van der Waals surface area contributed by atoms with Crippen molar-refractivity contribution in [1.29, 1.82) is 0 Å². The van der Waals surface area contributed by atoms with Crippen molar-refractivity contribution in [2.45, 2.75) is 17.9 Å². The lowest BCUT2D eigenvalue weighted by Crippen LogP contribution is -2.33. The minimum absolute atomic E-state index is 0.0332. The van der Waals surface area contributed by atoms with E-state index >= 15 is 0 Å². The maximum Gasteiger partial charge on any atom is 0.251 e. The zero-order valence-corrected chi connectivity index (χ0v) is 15.0. The van der Waals surface area contributed by atoms with E-state index in [2.05, 4.69) is 5.32 Å².